The van der Waals surface area contributed by atoms with Crippen LogP contribution >= 0.6 is 15.9 Å². The molecule has 0 unspecified atom stereocenters. The van der Waals surface area contributed by atoms with Crippen molar-refractivity contribution in [3.05, 3.63) is 62.6 Å². The number of aliphatic hydroxyl groups excluding tert-OH is 1. The number of nitrogens with zero attached hydrogens (tertiary/aromatic N) is 2. The van der Waals surface area contributed by atoms with Gasteiger partial charge in [-0.15, -0.1) is 0 Å². The Labute approximate surface area is 187 Å². The van der Waals surface area contributed by atoms with Crippen molar-refractivity contribution >= 4 is 32.7 Å². The third-order valence-electron chi connectivity index (χ3n) is 5.79. The second-order valence-corrected chi connectivity index (χ2v) is 8.79. The number of halogens is 4. The first kappa shape index (κ1) is 22.0. The highest BCUT2D eigenvalue weighted by Crippen LogP contribution is 2.39. The molecule has 1 aliphatic rings. The Morgan fingerprint density at radius 2 is 1.97 bits per heavy atom. The molecule has 8 heteroatoms. The second kappa shape index (κ2) is 8.39. The van der Waals surface area contributed by atoms with Crippen LogP contribution in [0.4, 0.5) is 19.0 Å². The topological polar surface area (TPSA) is 58.0 Å². The molecular weight excluding hydrogens is 471 g/mol. The van der Waals surface area contributed by atoms with Gasteiger partial charge in [-0.2, -0.15) is 0 Å². The lowest BCUT2D eigenvalue weighted by atomic mass is 9.98. The number of hydrogen-bond acceptors (Lipinski definition) is 4. The average Bonchev–Trinajstić information content (AvgIpc) is 3.20. The summed E-state index contributed by atoms with van der Waals surface area (Å²) in [6.45, 7) is 2.78. The van der Waals surface area contributed by atoms with Gasteiger partial charge in [-0.3, -0.25) is 0 Å². The molecule has 1 aliphatic carbocycles. The first-order chi connectivity index (χ1) is 14.7. The van der Waals surface area contributed by atoms with E-state index in [1.807, 2.05) is 6.07 Å². The van der Waals surface area contributed by atoms with Gasteiger partial charge in [-0.25, -0.2) is 23.1 Å². The molecule has 0 spiro atoms. The van der Waals surface area contributed by atoms with Crippen LogP contribution in [0.5, 0.6) is 0 Å². The molecule has 2 N–H and O–H groups in total. The summed E-state index contributed by atoms with van der Waals surface area (Å²) < 4.78 is 44.6. The summed E-state index contributed by atoms with van der Waals surface area (Å²) in [4.78, 5) is 9.16. The molecule has 0 bridgehead atoms. The van der Waals surface area contributed by atoms with Crippen LogP contribution < -0.4 is 5.32 Å². The summed E-state index contributed by atoms with van der Waals surface area (Å²) in [6, 6.07) is 5.30. The Hall–Kier alpha value is -2.19. The monoisotopic (exact) mass is 493 g/mol. The molecular formula is C23H23BrF3N3O. The van der Waals surface area contributed by atoms with E-state index in [-0.39, 0.29) is 5.56 Å². The minimum Gasteiger partial charge on any atom is -0.396 e. The Kier molecular flexibility index (Phi) is 5.96. The van der Waals surface area contributed by atoms with E-state index in [2.05, 4.69) is 31.2 Å². The normalized spacial score (nSPS) is 14.7. The van der Waals surface area contributed by atoms with Gasteiger partial charge in [0.2, 0.25) is 0 Å². The molecule has 0 saturated carbocycles. The molecule has 2 aromatic carbocycles. The zero-order valence-electron chi connectivity index (χ0n) is 17.3. The van der Waals surface area contributed by atoms with Gasteiger partial charge in [0.25, 0.3) is 5.92 Å². The molecule has 4 rings (SSSR count). The number of rotatable bonds is 6. The van der Waals surface area contributed by atoms with Gasteiger partial charge in [0, 0.05) is 28.5 Å². The van der Waals surface area contributed by atoms with Crippen LogP contribution in [0.15, 0.2) is 28.7 Å². The fourth-order valence-electron chi connectivity index (χ4n) is 4.27. The summed E-state index contributed by atoms with van der Waals surface area (Å²) in [5.74, 6) is -3.30. The van der Waals surface area contributed by atoms with Crippen LogP contribution in [-0.4, -0.2) is 21.7 Å². The van der Waals surface area contributed by atoms with Crippen LogP contribution in [0.1, 0.15) is 53.9 Å². The average molecular weight is 494 g/mol. The van der Waals surface area contributed by atoms with E-state index < -0.39 is 36.4 Å². The summed E-state index contributed by atoms with van der Waals surface area (Å²) in [6.07, 6.45) is 2.17. The maximum atomic E-state index is 15.0. The maximum Gasteiger partial charge on any atom is 0.278 e. The molecule has 31 heavy (non-hydrogen) atoms. The summed E-state index contributed by atoms with van der Waals surface area (Å²) in [5.41, 5.74) is 2.73. The SMILES string of the molecule is Cc1nc(N[C@H](C)c2cccc(C(F)(F)CCO)c2F)c2cc(Br)c3c(c2n1)CCC3. The third-order valence-corrected chi connectivity index (χ3v) is 6.50. The zero-order chi connectivity index (χ0) is 22.3. The molecule has 0 aliphatic heterocycles. The van der Waals surface area contributed by atoms with E-state index in [0.29, 0.717) is 11.6 Å². The van der Waals surface area contributed by atoms with E-state index in [9.17, 15) is 8.78 Å². The number of anilines is 1. The van der Waals surface area contributed by atoms with E-state index in [0.717, 1.165) is 40.7 Å². The number of aliphatic hydroxyl groups is 1. The summed E-state index contributed by atoms with van der Waals surface area (Å²) >= 11 is 3.64. The highest BCUT2D eigenvalue weighted by molar-refractivity contribution is 9.10. The number of nitrogens with one attached hydrogen (secondary N) is 1. The second-order valence-electron chi connectivity index (χ2n) is 7.94. The lowest BCUT2D eigenvalue weighted by molar-refractivity contribution is -0.0301. The Morgan fingerprint density at radius 3 is 2.71 bits per heavy atom. The summed E-state index contributed by atoms with van der Waals surface area (Å²) in [5, 5.41) is 12.9. The third kappa shape index (κ3) is 4.03. The first-order valence-electron chi connectivity index (χ1n) is 10.3. The lowest BCUT2D eigenvalue weighted by Crippen LogP contribution is -2.20. The molecule has 4 nitrogen and oxygen atoms in total. The first-order valence-corrected chi connectivity index (χ1v) is 11.0. The number of alkyl halides is 2. The highest BCUT2D eigenvalue weighted by atomic mass is 79.9. The van der Waals surface area contributed by atoms with E-state index in [4.69, 9.17) is 5.11 Å². The smallest absolute Gasteiger partial charge is 0.278 e. The quantitative estimate of drug-likeness (QED) is 0.443. The van der Waals surface area contributed by atoms with Gasteiger partial charge < -0.3 is 10.4 Å². The van der Waals surface area contributed by atoms with Crippen molar-refractivity contribution in [3.8, 4) is 0 Å². The fourth-order valence-corrected chi connectivity index (χ4v) is 4.93. The molecule has 0 fully saturated rings. The fraction of sp³-hybridized carbons (Fsp3) is 0.391. The van der Waals surface area contributed by atoms with Crippen molar-refractivity contribution in [2.45, 2.75) is 51.5 Å². The molecule has 1 atom stereocenters. The number of hydrogen-bond donors (Lipinski definition) is 2. The molecule has 0 radical (unpaired) electrons. The van der Waals surface area contributed by atoms with Gasteiger partial charge in [0.15, 0.2) is 0 Å². The minimum absolute atomic E-state index is 0.111. The molecule has 0 amide bonds. The van der Waals surface area contributed by atoms with Crippen molar-refractivity contribution in [2.75, 3.05) is 11.9 Å². The predicted molar refractivity (Wildman–Crippen MR) is 118 cm³/mol. The molecule has 3 aromatic rings. The van der Waals surface area contributed by atoms with Gasteiger partial charge in [-0.05, 0) is 50.3 Å². The van der Waals surface area contributed by atoms with Crippen molar-refractivity contribution in [2.24, 2.45) is 0 Å². The number of fused-ring (bicyclic) bond motifs is 3. The van der Waals surface area contributed by atoms with Gasteiger partial charge in [-0.1, -0.05) is 34.1 Å². The largest absolute Gasteiger partial charge is 0.396 e. The van der Waals surface area contributed by atoms with Crippen LogP contribution in [0.2, 0.25) is 0 Å². The molecule has 1 heterocycles. The predicted octanol–water partition coefficient (Wildman–Crippen LogP) is 5.98. The summed E-state index contributed by atoms with van der Waals surface area (Å²) in [7, 11) is 0. The Bertz CT molecular complexity index is 1150. The van der Waals surface area contributed by atoms with Crippen LogP contribution in [0.3, 0.4) is 0 Å². The Balaban J connectivity index is 1.75. The van der Waals surface area contributed by atoms with E-state index >= 15 is 4.39 Å². The molecule has 164 valence electrons. The number of aryl methyl sites for hydroxylation is 2. The van der Waals surface area contributed by atoms with Crippen LogP contribution in [0, 0.1) is 12.7 Å². The molecule has 0 saturated heterocycles. The highest BCUT2D eigenvalue weighted by Gasteiger charge is 2.35. The maximum absolute atomic E-state index is 15.0. The van der Waals surface area contributed by atoms with Crippen LogP contribution in [-0.2, 0) is 18.8 Å². The van der Waals surface area contributed by atoms with Gasteiger partial charge >= 0.3 is 0 Å². The van der Waals surface area contributed by atoms with Crippen LogP contribution in [0.25, 0.3) is 10.9 Å². The standard InChI is InChI=1S/C23H23BrF3N3O/c1-12(14-5-4-8-18(20(14)25)23(26,27)9-10-31)28-22-17-11-19(24)15-6-3-7-16(15)21(17)29-13(2)30-22/h4-5,8,11-12,31H,3,6-7,9-10H2,1-2H3,(H,28,29,30)/t12-/m1/s1. The lowest BCUT2D eigenvalue weighted by Gasteiger charge is -2.22. The Morgan fingerprint density at radius 1 is 1.23 bits per heavy atom. The zero-order valence-corrected chi connectivity index (χ0v) is 18.9. The van der Waals surface area contributed by atoms with Crippen molar-refractivity contribution in [1.29, 1.82) is 0 Å². The van der Waals surface area contributed by atoms with Crippen molar-refractivity contribution in [1.82, 2.24) is 9.97 Å². The molecule has 1 aromatic heterocycles. The van der Waals surface area contributed by atoms with Crippen molar-refractivity contribution in [3.63, 3.8) is 0 Å². The minimum atomic E-state index is -3.45. The van der Waals surface area contributed by atoms with Gasteiger partial charge in [0.1, 0.15) is 17.5 Å². The van der Waals surface area contributed by atoms with E-state index in [1.165, 1.54) is 23.3 Å². The number of benzene rings is 2. The van der Waals surface area contributed by atoms with E-state index in [1.54, 1.807) is 13.8 Å². The van der Waals surface area contributed by atoms with Gasteiger partial charge in [0.05, 0.1) is 17.1 Å². The van der Waals surface area contributed by atoms with Crippen molar-refractivity contribution < 1.29 is 18.3 Å². The number of aromatic nitrogens is 2.